The highest BCUT2D eigenvalue weighted by Gasteiger charge is 2.40. The molecule has 0 heterocycles. The van der Waals surface area contributed by atoms with Crippen molar-refractivity contribution in [3.8, 4) is 47.3 Å². The summed E-state index contributed by atoms with van der Waals surface area (Å²) in [5.74, 6) is -0.455. The van der Waals surface area contributed by atoms with Gasteiger partial charge in [0, 0.05) is 25.7 Å². The molecule has 12 aromatic rings. The van der Waals surface area contributed by atoms with Crippen LogP contribution in [-0.4, -0.2) is 20.4 Å². The summed E-state index contributed by atoms with van der Waals surface area (Å²) in [6, 6.07) is 106. The van der Waals surface area contributed by atoms with Crippen molar-refractivity contribution in [3.63, 3.8) is 0 Å². The second kappa shape index (κ2) is 29.3. The normalized spacial score (nSPS) is 12.3. The molecule has 12 aromatic carbocycles. The van der Waals surface area contributed by atoms with Crippen LogP contribution in [-0.2, 0) is 98.7 Å². The predicted octanol–water partition coefficient (Wildman–Crippen LogP) is 18.2. The van der Waals surface area contributed by atoms with Crippen LogP contribution in [0.25, 0.3) is 0 Å². The van der Waals surface area contributed by atoms with Gasteiger partial charge >= 0.3 is 0 Å². The topological polar surface area (TPSA) is 176 Å². The Balaban J connectivity index is 1.12. The zero-order valence-corrected chi connectivity index (χ0v) is 55.8. The largest absolute Gasteiger partial charge is 0.507 e. The van der Waals surface area contributed by atoms with Crippen LogP contribution in [0, 0.1) is 45.3 Å². The van der Waals surface area contributed by atoms with Crippen LogP contribution in [0.3, 0.4) is 0 Å². The van der Waals surface area contributed by atoms with Gasteiger partial charge in [0.25, 0.3) is 0 Å². The van der Waals surface area contributed by atoms with Crippen LogP contribution < -0.4 is 0 Å². The minimum Gasteiger partial charge on any atom is -0.507 e. The summed E-state index contributed by atoms with van der Waals surface area (Å²) in [4.78, 5) is 0. The van der Waals surface area contributed by atoms with Crippen LogP contribution in [0.1, 0.15) is 111 Å². The molecule has 0 fully saturated rings. The summed E-state index contributed by atoms with van der Waals surface area (Å²) in [6.07, 6.45) is 1.94. The van der Waals surface area contributed by atoms with E-state index >= 15 is 0 Å². The Bertz CT molecular complexity index is 4140. The Hall–Kier alpha value is -12.2. The van der Waals surface area contributed by atoms with E-state index < -0.39 is 21.7 Å². The molecule has 4 N–H and O–H groups in total. The molecule has 0 atom stereocenters. The molecule has 488 valence electrons. The molecule has 0 saturated carbocycles. The number of phenols is 4. The highest BCUT2D eigenvalue weighted by Crippen LogP contribution is 2.47. The molecule has 0 aliphatic heterocycles. The molecule has 8 nitrogen and oxygen atoms in total. The second-order valence-electron chi connectivity index (χ2n) is 27.4. The quantitative estimate of drug-likeness (QED) is 0.0583. The summed E-state index contributed by atoms with van der Waals surface area (Å²) in [5, 5.41) is 102. The van der Waals surface area contributed by atoms with Gasteiger partial charge < -0.3 is 20.4 Å². The number of phenolic OH excluding ortho intramolecular Hbond substituents is 4. The lowest BCUT2D eigenvalue weighted by atomic mass is 9.70. The van der Waals surface area contributed by atoms with Crippen molar-refractivity contribution in [2.45, 2.75) is 98.7 Å². The Morgan fingerprint density at radius 3 is 0.440 bits per heavy atom. The van der Waals surface area contributed by atoms with Crippen molar-refractivity contribution in [2.24, 2.45) is 0 Å². The number of hydrogen-bond acceptors (Lipinski definition) is 8. The third-order valence-electron chi connectivity index (χ3n) is 20.5. The molecule has 0 amide bonds. The standard InChI is InChI=1S/C92H76N4O4/c93-61-89(53-65-25-9-1-10-26-65,54-66-27-11-2-12-28-66)81-45-73-41-75-47-82(90(62-94,55-67-29-13-3-14-30-67)56-68-31-15-4-16-32-68)49-77(86(75)98)43-79-51-84(92(64-96,59-71-37-21-7-22-38-71)60-72-39-23-8-24-40-72)52-80(88(79)100)44-78-50-83(48-76(87(78)99)42-74(46-81)85(73)97)91(63-95,57-69-33-17-5-18-34-69)58-70-35-19-6-20-36-70/h1-40,45-52,97-100H,41-44,53-60H2. The molecular formula is C92H76N4O4. The lowest BCUT2D eigenvalue weighted by Gasteiger charge is -2.31. The first-order valence-corrected chi connectivity index (χ1v) is 34.2. The van der Waals surface area contributed by atoms with Crippen molar-refractivity contribution < 1.29 is 20.4 Å². The van der Waals surface area contributed by atoms with Gasteiger partial charge in [-0.15, -0.1) is 0 Å². The fraction of sp³-hybridized carbons (Fsp3) is 0.174. The van der Waals surface area contributed by atoms with Crippen LogP contribution in [0.15, 0.2) is 291 Å². The van der Waals surface area contributed by atoms with E-state index in [4.69, 9.17) is 0 Å². The Kier molecular flexibility index (Phi) is 19.4. The van der Waals surface area contributed by atoms with Crippen molar-refractivity contribution in [1.29, 1.82) is 21.0 Å². The van der Waals surface area contributed by atoms with E-state index in [0.717, 1.165) is 44.5 Å². The van der Waals surface area contributed by atoms with E-state index in [1.54, 1.807) is 0 Å². The molecular weight excluding hydrogens is 1230 g/mol. The van der Waals surface area contributed by atoms with Gasteiger partial charge in [0.1, 0.15) is 23.0 Å². The van der Waals surface area contributed by atoms with Gasteiger partial charge in [0.2, 0.25) is 0 Å². The van der Waals surface area contributed by atoms with Crippen LogP contribution in [0.5, 0.6) is 23.0 Å². The van der Waals surface area contributed by atoms with Gasteiger partial charge in [-0.25, -0.2) is 0 Å². The second-order valence-corrected chi connectivity index (χ2v) is 27.4. The first-order chi connectivity index (χ1) is 48.8. The first-order valence-electron chi connectivity index (χ1n) is 34.2. The Morgan fingerprint density at radius 2 is 0.330 bits per heavy atom. The Morgan fingerprint density at radius 1 is 0.210 bits per heavy atom. The summed E-state index contributed by atoms with van der Waals surface area (Å²) in [5.41, 5.74) is 7.86. The smallest absolute Gasteiger partial charge is 0.122 e. The number of nitrogens with zero attached hydrogens (tertiary/aromatic N) is 4. The molecule has 8 heteroatoms. The predicted molar refractivity (Wildman–Crippen MR) is 394 cm³/mol. The lowest BCUT2D eigenvalue weighted by molar-refractivity contribution is 0.447. The van der Waals surface area contributed by atoms with Crippen molar-refractivity contribution in [2.75, 3.05) is 0 Å². The van der Waals surface area contributed by atoms with Crippen LogP contribution in [0.2, 0.25) is 0 Å². The molecule has 1 aliphatic rings. The number of fused-ring (bicyclic) bond motifs is 8. The fourth-order valence-corrected chi connectivity index (χ4v) is 15.2. The molecule has 0 unspecified atom stereocenters. The molecule has 0 aromatic heterocycles. The van der Waals surface area contributed by atoms with E-state index in [0.29, 0.717) is 118 Å². The first kappa shape index (κ1) is 66.4. The lowest BCUT2D eigenvalue weighted by Crippen LogP contribution is -2.31. The number of aromatic hydroxyl groups is 4. The highest BCUT2D eigenvalue weighted by atomic mass is 16.3. The number of nitriles is 4. The maximum Gasteiger partial charge on any atom is 0.122 e. The van der Waals surface area contributed by atoms with Gasteiger partial charge in [-0.1, -0.05) is 291 Å². The fourth-order valence-electron chi connectivity index (χ4n) is 15.2. The monoisotopic (exact) mass is 1300 g/mol. The summed E-state index contributed by atoms with van der Waals surface area (Å²) in [7, 11) is 0. The maximum absolute atomic E-state index is 13.4. The number of hydrogen-bond donors (Lipinski definition) is 4. The van der Waals surface area contributed by atoms with Gasteiger partial charge in [-0.3, -0.25) is 0 Å². The number of benzene rings is 12. The number of rotatable bonds is 20. The van der Waals surface area contributed by atoms with Crippen molar-refractivity contribution >= 4 is 0 Å². The van der Waals surface area contributed by atoms with Crippen molar-refractivity contribution in [1.82, 2.24) is 0 Å². The third kappa shape index (κ3) is 14.3. The van der Waals surface area contributed by atoms with E-state index in [1.807, 2.05) is 291 Å². The van der Waals surface area contributed by atoms with Gasteiger partial charge in [-0.05, 0) is 163 Å². The van der Waals surface area contributed by atoms with Gasteiger partial charge in [0.05, 0.1) is 45.9 Å². The summed E-state index contributed by atoms with van der Waals surface area (Å²) in [6.45, 7) is 0. The summed E-state index contributed by atoms with van der Waals surface area (Å²) >= 11 is 0. The van der Waals surface area contributed by atoms with E-state index in [1.165, 1.54) is 0 Å². The molecule has 0 radical (unpaired) electrons. The molecule has 100 heavy (non-hydrogen) atoms. The average Bonchev–Trinajstić information content (AvgIpc) is 0.760. The molecule has 0 spiro atoms. The van der Waals surface area contributed by atoms with Crippen LogP contribution >= 0.6 is 0 Å². The van der Waals surface area contributed by atoms with E-state index in [2.05, 4.69) is 24.3 Å². The van der Waals surface area contributed by atoms with Crippen LogP contribution in [0.4, 0.5) is 0 Å². The van der Waals surface area contributed by atoms with Crippen molar-refractivity contribution in [3.05, 3.63) is 402 Å². The highest BCUT2D eigenvalue weighted by molar-refractivity contribution is 5.62. The zero-order valence-electron chi connectivity index (χ0n) is 55.8. The third-order valence-corrected chi connectivity index (χ3v) is 20.5. The van der Waals surface area contributed by atoms with E-state index in [9.17, 15) is 41.5 Å². The SMILES string of the molecule is N#CC(Cc1ccccc1)(Cc1ccccc1)c1cc2c(O)c(c1)Cc1cc(C(C#N)(Cc3ccccc3)Cc3ccccc3)cc(c1O)Cc1cc(C(C#N)(Cc3ccccc3)Cc3ccccc3)cc(c1O)Cc1cc(C(C#N)(Cc3ccccc3)Cc3ccccc3)cc(c1O)C2. The molecule has 13 rings (SSSR count). The van der Waals surface area contributed by atoms with Gasteiger partial charge in [-0.2, -0.15) is 21.0 Å². The van der Waals surface area contributed by atoms with Gasteiger partial charge in [0.15, 0.2) is 0 Å². The maximum atomic E-state index is 13.4. The molecule has 8 bridgehead atoms. The molecule has 1 aliphatic carbocycles. The molecule has 0 saturated heterocycles. The minimum atomic E-state index is -1.26. The van der Waals surface area contributed by atoms with E-state index in [-0.39, 0.29) is 48.7 Å². The Labute approximate surface area is 586 Å². The zero-order chi connectivity index (χ0) is 69.1. The average molecular weight is 1300 g/mol. The summed E-state index contributed by atoms with van der Waals surface area (Å²) < 4.78 is 0. The minimum absolute atomic E-state index is 0.0956.